The molecule has 15 heavy (non-hydrogen) atoms. The minimum atomic E-state index is -3.55. The van der Waals surface area contributed by atoms with Crippen molar-refractivity contribution < 1.29 is 13.2 Å². The molecule has 2 N–H and O–H groups in total. The smallest absolute Gasteiger partial charge is 0.277 e. The van der Waals surface area contributed by atoms with E-state index < -0.39 is 16.3 Å². The fourth-order valence-corrected chi connectivity index (χ4v) is 2.16. The van der Waals surface area contributed by atoms with Crippen LogP contribution in [-0.2, 0) is 15.0 Å². The summed E-state index contributed by atoms with van der Waals surface area (Å²) >= 11 is 0. The molecule has 0 heterocycles. The van der Waals surface area contributed by atoms with E-state index in [1.807, 2.05) is 13.8 Å². The third-order valence-corrected chi connectivity index (χ3v) is 3.06. The van der Waals surface area contributed by atoms with Crippen LogP contribution in [0.5, 0.6) is 0 Å². The molecular formula is C9H20N2O3S. The molecule has 0 aromatic rings. The van der Waals surface area contributed by atoms with Crippen molar-refractivity contribution in [2.45, 2.75) is 40.2 Å². The van der Waals surface area contributed by atoms with Crippen LogP contribution in [0.15, 0.2) is 0 Å². The van der Waals surface area contributed by atoms with E-state index in [9.17, 15) is 13.2 Å². The summed E-state index contributed by atoms with van der Waals surface area (Å²) < 4.78 is 27.4. The lowest BCUT2D eigenvalue weighted by molar-refractivity contribution is -0.119. The molecule has 0 aromatic heterocycles. The van der Waals surface area contributed by atoms with Gasteiger partial charge in [-0.1, -0.05) is 20.8 Å². The Labute approximate surface area is 91.8 Å². The molecule has 0 aliphatic heterocycles. The van der Waals surface area contributed by atoms with Gasteiger partial charge in [0.2, 0.25) is 0 Å². The number of hydrogen-bond acceptors (Lipinski definition) is 3. The number of carbonyl (C=O) groups excluding carboxylic acids is 1. The summed E-state index contributed by atoms with van der Waals surface area (Å²) in [6, 6.07) is -0.667. The number of Topliss-reactive ketones (excluding diaryl/α,β-unsaturated/α-hetero) is 1. The Morgan fingerprint density at radius 1 is 1.27 bits per heavy atom. The van der Waals surface area contributed by atoms with Crippen LogP contribution in [0.1, 0.15) is 34.1 Å². The number of carbonyl (C=O) groups is 1. The van der Waals surface area contributed by atoms with E-state index in [0.717, 1.165) is 0 Å². The predicted molar refractivity (Wildman–Crippen MR) is 59.7 cm³/mol. The monoisotopic (exact) mass is 236 g/mol. The standard InChI is InChI=1S/C9H20N2O3S/c1-5-9(12)8(4)11-15(13,14)10-6-7(2)3/h7-8,10-11H,5-6H2,1-4H3. The van der Waals surface area contributed by atoms with Crippen molar-refractivity contribution in [1.29, 1.82) is 0 Å². The highest BCUT2D eigenvalue weighted by atomic mass is 32.2. The van der Waals surface area contributed by atoms with Crippen LogP contribution in [0.3, 0.4) is 0 Å². The van der Waals surface area contributed by atoms with E-state index in [-0.39, 0.29) is 11.7 Å². The van der Waals surface area contributed by atoms with Crippen molar-refractivity contribution >= 4 is 16.0 Å². The molecule has 0 aromatic carbocycles. The van der Waals surface area contributed by atoms with E-state index in [1.54, 1.807) is 13.8 Å². The lowest BCUT2D eigenvalue weighted by Crippen LogP contribution is -2.45. The minimum Gasteiger partial charge on any atom is -0.298 e. The molecule has 0 radical (unpaired) electrons. The van der Waals surface area contributed by atoms with Crippen LogP contribution < -0.4 is 9.44 Å². The molecule has 0 saturated heterocycles. The highest BCUT2D eigenvalue weighted by molar-refractivity contribution is 7.87. The zero-order chi connectivity index (χ0) is 12.1. The molecule has 90 valence electrons. The molecule has 1 unspecified atom stereocenters. The van der Waals surface area contributed by atoms with Crippen LogP contribution in [-0.4, -0.2) is 26.8 Å². The Bertz CT molecular complexity index is 298. The maximum atomic E-state index is 11.4. The molecule has 5 nitrogen and oxygen atoms in total. The maximum Gasteiger partial charge on any atom is 0.277 e. The van der Waals surface area contributed by atoms with Gasteiger partial charge < -0.3 is 0 Å². The van der Waals surface area contributed by atoms with Gasteiger partial charge in [-0.25, -0.2) is 4.72 Å². The molecule has 0 rings (SSSR count). The zero-order valence-electron chi connectivity index (χ0n) is 9.70. The Hall–Kier alpha value is -0.460. The van der Waals surface area contributed by atoms with E-state index in [1.165, 1.54) is 0 Å². The second-order valence-corrected chi connectivity index (χ2v) is 5.44. The Kier molecular flexibility index (Phi) is 6.00. The SMILES string of the molecule is CCC(=O)C(C)NS(=O)(=O)NCC(C)C. The van der Waals surface area contributed by atoms with E-state index >= 15 is 0 Å². The topological polar surface area (TPSA) is 75.3 Å². The first kappa shape index (κ1) is 14.5. The minimum absolute atomic E-state index is 0.120. The molecule has 0 saturated carbocycles. The number of hydrogen-bond donors (Lipinski definition) is 2. The van der Waals surface area contributed by atoms with Gasteiger partial charge in [0.15, 0.2) is 0 Å². The lowest BCUT2D eigenvalue weighted by Gasteiger charge is -2.14. The summed E-state index contributed by atoms with van der Waals surface area (Å²) in [5.74, 6) is 0.115. The molecule has 0 aliphatic rings. The van der Waals surface area contributed by atoms with Gasteiger partial charge in [-0.2, -0.15) is 13.1 Å². The quantitative estimate of drug-likeness (QED) is 0.673. The molecular weight excluding hydrogens is 216 g/mol. The van der Waals surface area contributed by atoms with Crippen molar-refractivity contribution in [2.75, 3.05) is 6.54 Å². The summed E-state index contributed by atoms with van der Waals surface area (Å²) in [6.45, 7) is 7.42. The van der Waals surface area contributed by atoms with Crippen LogP contribution >= 0.6 is 0 Å². The van der Waals surface area contributed by atoms with Gasteiger partial charge in [0, 0.05) is 13.0 Å². The summed E-state index contributed by atoms with van der Waals surface area (Å²) in [4.78, 5) is 11.2. The molecule has 6 heteroatoms. The van der Waals surface area contributed by atoms with Gasteiger partial charge in [0.25, 0.3) is 10.2 Å². The number of rotatable bonds is 7. The average molecular weight is 236 g/mol. The summed E-state index contributed by atoms with van der Waals surface area (Å²) in [6.07, 6.45) is 0.327. The van der Waals surface area contributed by atoms with Gasteiger partial charge in [0.05, 0.1) is 6.04 Å². The van der Waals surface area contributed by atoms with Crippen molar-refractivity contribution in [2.24, 2.45) is 5.92 Å². The molecule has 1 atom stereocenters. The Balaban J connectivity index is 4.20. The first-order chi connectivity index (χ1) is 6.78. The number of nitrogens with one attached hydrogen (secondary N) is 2. The fraction of sp³-hybridized carbons (Fsp3) is 0.889. The summed E-state index contributed by atoms with van der Waals surface area (Å²) in [7, 11) is -3.55. The summed E-state index contributed by atoms with van der Waals surface area (Å²) in [5.41, 5.74) is 0. The summed E-state index contributed by atoms with van der Waals surface area (Å²) in [5, 5.41) is 0. The number of ketones is 1. The Morgan fingerprint density at radius 3 is 2.20 bits per heavy atom. The van der Waals surface area contributed by atoms with Crippen LogP contribution in [0.25, 0.3) is 0 Å². The first-order valence-corrected chi connectivity index (χ1v) is 6.56. The van der Waals surface area contributed by atoms with Gasteiger partial charge in [0.1, 0.15) is 5.78 Å². The van der Waals surface area contributed by atoms with Gasteiger partial charge in [-0.15, -0.1) is 0 Å². The molecule has 0 aliphatic carbocycles. The van der Waals surface area contributed by atoms with Gasteiger partial charge in [-0.3, -0.25) is 4.79 Å². The van der Waals surface area contributed by atoms with Crippen molar-refractivity contribution in [3.05, 3.63) is 0 Å². The first-order valence-electron chi connectivity index (χ1n) is 5.08. The molecule has 0 spiro atoms. The predicted octanol–water partition coefficient (Wildman–Crippen LogP) is 0.434. The molecule has 0 amide bonds. The average Bonchev–Trinajstić information content (AvgIpc) is 2.13. The second kappa shape index (κ2) is 6.19. The Morgan fingerprint density at radius 2 is 1.80 bits per heavy atom. The van der Waals surface area contributed by atoms with Crippen LogP contribution in [0.2, 0.25) is 0 Å². The van der Waals surface area contributed by atoms with E-state index in [4.69, 9.17) is 0 Å². The van der Waals surface area contributed by atoms with Crippen molar-refractivity contribution in [3.8, 4) is 0 Å². The maximum absolute atomic E-state index is 11.4. The van der Waals surface area contributed by atoms with Crippen molar-refractivity contribution in [3.63, 3.8) is 0 Å². The third-order valence-electron chi connectivity index (χ3n) is 1.84. The fourth-order valence-electron chi connectivity index (χ4n) is 0.923. The zero-order valence-corrected chi connectivity index (χ0v) is 10.5. The molecule has 0 bridgehead atoms. The van der Waals surface area contributed by atoms with Gasteiger partial charge in [-0.05, 0) is 12.8 Å². The second-order valence-electron chi connectivity index (χ2n) is 3.91. The van der Waals surface area contributed by atoms with E-state index in [0.29, 0.717) is 13.0 Å². The molecule has 0 fully saturated rings. The van der Waals surface area contributed by atoms with Crippen LogP contribution in [0.4, 0.5) is 0 Å². The van der Waals surface area contributed by atoms with Crippen LogP contribution in [0, 0.1) is 5.92 Å². The van der Waals surface area contributed by atoms with Crippen molar-refractivity contribution in [1.82, 2.24) is 9.44 Å². The largest absolute Gasteiger partial charge is 0.298 e. The lowest BCUT2D eigenvalue weighted by atomic mass is 10.2. The highest BCUT2D eigenvalue weighted by Gasteiger charge is 2.18. The van der Waals surface area contributed by atoms with Gasteiger partial charge >= 0.3 is 0 Å². The highest BCUT2D eigenvalue weighted by Crippen LogP contribution is 1.94. The normalized spacial score (nSPS) is 14.2. The third kappa shape index (κ3) is 6.59. The van der Waals surface area contributed by atoms with E-state index in [2.05, 4.69) is 9.44 Å².